The smallest absolute Gasteiger partial charge is 0.211 e. The molecule has 6 heterocycles. The number of rotatable bonds is 6. The monoisotopic (exact) mass is 597 g/mol. The van der Waals surface area contributed by atoms with Gasteiger partial charge < -0.3 is 14.4 Å². The van der Waals surface area contributed by atoms with Crippen LogP contribution in [0.15, 0.2) is 30.5 Å². The maximum Gasteiger partial charge on any atom is 0.211 e. The van der Waals surface area contributed by atoms with E-state index in [4.69, 9.17) is 24.5 Å². The molecule has 3 aliphatic heterocycles. The molecule has 0 aliphatic carbocycles. The largest absolute Gasteiger partial charge is 0.378 e. The van der Waals surface area contributed by atoms with Crippen LogP contribution in [0.3, 0.4) is 0 Å². The van der Waals surface area contributed by atoms with Crippen LogP contribution in [0.25, 0.3) is 32.5 Å². The molecule has 11 nitrogen and oxygen atoms in total. The van der Waals surface area contributed by atoms with Crippen LogP contribution in [0.1, 0.15) is 30.4 Å². The van der Waals surface area contributed by atoms with Crippen molar-refractivity contribution >= 4 is 48.3 Å². The summed E-state index contributed by atoms with van der Waals surface area (Å²) in [5, 5.41) is 5.76. The summed E-state index contributed by atoms with van der Waals surface area (Å²) in [6.45, 7) is 6.92. The summed E-state index contributed by atoms with van der Waals surface area (Å²) in [7, 11) is -3.15. The second-order valence-corrected chi connectivity index (χ2v) is 14.1. The maximum absolute atomic E-state index is 11.9. The highest BCUT2D eigenvalue weighted by atomic mass is 32.2. The Labute approximate surface area is 243 Å². The first-order valence-corrected chi connectivity index (χ1v) is 17.0. The molecule has 0 spiro atoms. The van der Waals surface area contributed by atoms with Crippen LogP contribution >= 0.6 is 11.3 Å². The number of hydrogen-bond acceptors (Lipinski definition) is 10. The average Bonchev–Trinajstić information content (AvgIpc) is 3.61. The quantitative estimate of drug-likeness (QED) is 0.331. The van der Waals surface area contributed by atoms with Crippen molar-refractivity contribution < 1.29 is 17.9 Å². The third-order valence-corrected chi connectivity index (χ3v) is 10.6. The summed E-state index contributed by atoms with van der Waals surface area (Å²) >= 11 is 1.73. The van der Waals surface area contributed by atoms with Gasteiger partial charge in [0, 0.05) is 68.2 Å². The predicted octanol–water partition coefficient (Wildman–Crippen LogP) is 3.32. The van der Waals surface area contributed by atoms with Crippen molar-refractivity contribution in [1.82, 2.24) is 29.0 Å². The lowest BCUT2D eigenvalue weighted by molar-refractivity contribution is -0.0366. The summed E-state index contributed by atoms with van der Waals surface area (Å²) in [6, 6.07) is 8.40. The van der Waals surface area contributed by atoms with Crippen molar-refractivity contribution in [2.24, 2.45) is 0 Å². The molecule has 1 unspecified atom stereocenters. The number of sulfonamides is 1. The number of morpholine rings is 1. The van der Waals surface area contributed by atoms with Gasteiger partial charge in [-0.05, 0) is 31.4 Å². The molecule has 218 valence electrons. The van der Waals surface area contributed by atoms with Gasteiger partial charge in [-0.25, -0.2) is 23.1 Å². The van der Waals surface area contributed by atoms with E-state index in [0.717, 1.165) is 78.0 Å². The molecule has 3 aromatic heterocycles. The number of nitrogens with zero attached hydrogens (tertiary/aromatic N) is 7. The first kappa shape index (κ1) is 27.2. The molecule has 7 rings (SSSR count). The average molecular weight is 598 g/mol. The number of ether oxygens (including phenoxy) is 2. The van der Waals surface area contributed by atoms with Crippen molar-refractivity contribution in [2.45, 2.75) is 32.0 Å². The minimum Gasteiger partial charge on any atom is -0.378 e. The topological polar surface area (TPSA) is 106 Å². The SMILES string of the molecule is CS(=O)(=O)N1CCN(Cc2cc3nc(-c4cccc5c4cnn5C4CCCCO4)nc(N4CCOCC4)c3s2)CC1. The van der Waals surface area contributed by atoms with Crippen molar-refractivity contribution in [1.29, 1.82) is 0 Å². The van der Waals surface area contributed by atoms with Crippen LogP contribution in [0.2, 0.25) is 0 Å². The lowest BCUT2D eigenvalue weighted by Crippen LogP contribution is -2.47. The van der Waals surface area contributed by atoms with E-state index < -0.39 is 10.0 Å². The molecule has 0 saturated carbocycles. The molecule has 0 bridgehead atoms. The van der Waals surface area contributed by atoms with Gasteiger partial charge in [-0.3, -0.25) is 4.90 Å². The number of thiophene rings is 1. The molecular weight excluding hydrogens is 562 g/mol. The van der Waals surface area contributed by atoms with E-state index in [1.54, 1.807) is 15.6 Å². The first-order valence-electron chi connectivity index (χ1n) is 14.3. The summed E-state index contributed by atoms with van der Waals surface area (Å²) in [5.41, 5.74) is 2.93. The van der Waals surface area contributed by atoms with Gasteiger partial charge in [-0.2, -0.15) is 9.40 Å². The third kappa shape index (κ3) is 5.46. The van der Waals surface area contributed by atoms with E-state index >= 15 is 0 Å². The molecule has 3 aliphatic rings. The lowest BCUT2D eigenvalue weighted by Gasteiger charge is -2.32. The Morgan fingerprint density at radius 2 is 1.85 bits per heavy atom. The molecule has 0 N–H and O–H groups in total. The van der Waals surface area contributed by atoms with Crippen LogP contribution in [0, 0.1) is 0 Å². The fraction of sp³-hybridized carbons (Fsp3) is 0.536. The van der Waals surface area contributed by atoms with Gasteiger partial charge >= 0.3 is 0 Å². The van der Waals surface area contributed by atoms with Crippen LogP contribution < -0.4 is 4.90 Å². The van der Waals surface area contributed by atoms with Crippen molar-refractivity contribution in [2.75, 3.05) is 70.2 Å². The normalized spacial score (nSPS) is 21.7. The van der Waals surface area contributed by atoms with Gasteiger partial charge in [0.1, 0.15) is 0 Å². The van der Waals surface area contributed by atoms with E-state index in [9.17, 15) is 8.42 Å². The molecule has 41 heavy (non-hydrogen) atoms. The van der Waals surface area contributed by atoms with Crippen molar-refractivity contribution in [3.05, 3.63) is 35.3 Å². The van der Waals surface area contributed by atoms with Gasteiger partial charge in [0.05, 0.1) is 41.4 Å². The maximum atomic E-state index is 11.9. The van der Waals surface area contributed by atoms with Gasteiger partial charge in [0.25, 0.3) is 0 Å². The fourth-order valence-electron chi connectivity index (χ4n) is 6.00. The van der Waals surface area contributed by atoms with Crippen molar-refractivity contribution in [3.63, 3.8) is 0 Å². The lowest BCUT2D eigenvalue weighted by atomic mass is 10.1. The number of aromatic nitrogens is 4. The van der Waals surface area contributed by atoms with Crippen LogP contribution in [0.4, 0.5) is 5.82 Å². The summed E-state index contributed by atoms with van der Waals surface area (Å²) in [4.78, 5) is 16.1. The highest BCUT2D eigenvalue weighted by molar-refractivity contribution is 7.88. The highest BCUT2D eigenvalue weighted by Gasteiger charge is 2.26. The van der Waals surface area contributed by atoms with E-state index in [1.165, 1.54) is 11.1 Å². The molecule has 0 amide bonds. The number of fused-ring (bicyclic) bond motifs is 2. The molecular formula is C28H35N7O4S2. The highest BCUT2D eigenvalue weighted by Crippen LogP contribution is 2.37. The minimum atomic E-state index is -3.15. The van der Waals surface area contributed by atoms with Crippen molar-refractivity contribution in [3.8, 4) is 11.4 Å². The third-order valence-electron chi connectivity index (χ3n) is 8.21. The zero-order chi connectivity index (χ0) is 28.0. The molecule has 13 heteroatoms. The fourth-order valence-corrected chi connectivity index (χ4v) is 7.99. The van der Waals surface area contributed by atoms with Gasteiger partial charge in [-0.15, -0.1) is 11.3 Å². The molecule has 0 radical (unpaired) electrons. The van der Waals surface area contributed by atoms with Crippen LogP contribution in [0.5, 0.6) is 0 Å². The molecule has 1 aromatic carbocycles. The second kappa shape index (κ2) is 11.2. The first-order chi connectivity index (χ1) is 19.9. The Kier molecular flexibility index (Phi) is 7.42. The summed E-state index contributed by atoms with van der Waals surface area (Å²) in [5.74, 6) is 1.64. The standard InChI is InChI=1S/C28H35N7O4S2/c1-41(36,37)34-10-8-32(9-11-34)19-20-17-23-26(40-20)28(33-12-15-38-16-13-33)31-27(30-23)21-5-4-6-24-22(21)18-29-35(24)25-7-2-3-14-39-25/h4-6,17-18,25H,2-3,7-16,19H2,1H3. The molecule has 3 saturated heterocycles. The number of anilines is 1. The molecule has 3 fully saturated rings. The molecule has 1 atom stereocenters. The zero-order valence-corrected chi connectivity index (χ0v) is 24.9. The van der Waals surface area contributed by atoms with Gasteiger partial charge in [-0.1, -0.05) is 12.1 Å². The van der Waals surface area contributed by atoms with E-state index in [2.05, 4.69) is 34.1 Å². The number of piperazine rings is 1. The van der Waals surface area contributed by atoms with Gasteiger partial charge in [0.15, 0.2) is 17.9 Å². The number of benzene rings is 1. The number of hydrogen-bond donors (Lipinski definition) is 0. The van der Waals surface area contributed by atoms with E-state index in [-0.39, 0.29) is 6.23 Å². The van der Waals surface area contributed by atoms with E-state index in [1.807, 2.05) is 10.9 Å². The Bertz CT molecular complexity index is 1650. The second-order valence-electron chi connectivity index (χ2n) is 11.0. The summed E-state index contributed by atoms with van der Waals surface area (Å²) in [6.07, 6.45) is 6.36. The Morgan fingerprint density at radius 3 is 2.61 bits per heavy atom. The zero-order valence-electron chi connectivity index (χ0n) is 23.2. The van der Waals surface area contributed by atoms with Gasteiger partial charge in [0.2, 0.25) is 10.0 Å². The van der Waals surface area contributed by atoms with Crippen LogP contribution in [-0.2, 0) is 26.0 Å². The molecule has 4 aromatic rings. The Morgan fingerprint density at radius 1 is 1.02 bits per heavy atom. The van der Waals surface area contributed by atoms with Crippen LogP contribution in [-0.4, -0.2) is 103 Å². The minimum absolute atomic E-state index is 0.0393. The Balaban J connectivity index is 1.24. The summed E-state index contributed by atoms with van der Waals surface area (Å²) < 4.78 is 40.2. The predicted molar refractivity (Wildman–Crippen MR) is 160 cm³/mol. The van der Waals surface area contributed by atoms with E-state index in [0.29, 0.717) is 45.2 Å². The Hall–Kier alpha value is -2.68.